The van der Waals surface area contributed by atoms with Crippen molar-refractivity contribution in [2.45, 2.75) is 20.3 Å². The van der Waals surface area contributed by atoms with Gasteiger partial charge in [0, 0.05) is 30.0 Å². The van der Waals surface area contributed by atoms with Gasteiger partial charge in [-0.1, -0.05) is 30.3 Å². The number of carbonyl (C=O) groups excluding carboxylic acids is 1. The van der Waals surface area contributed by atoms with Crippen molar-refractivity contribution in [3.63, 3.8) is 0 Å². The van der Waals surface area contributed by atoms with E-state index in [2.05, 4.69) is 19.9 Å². The molecular weight excluding hydrogens is 336 g/mol. The summed E-state index contributed by atoms with van der Waals surface area (Å²) >= 11 is 0. The Morgan fingerprint density at radius 1 is 1.07 bits per heavy atom. The summed E-state index contributed by atoms with van der Waals surface area (Å²) in [5.74, 6) is 0.827. The fraction of sp³-hybridized carbons (Fsp3) is 0.182. The number of aryl methyl sites for hydroxylation is 1. The summed E-state index contributed by atoms with van der Waals surface area (Å²) in [5.41, 5.74) is 5.73. The fourth-order valence-corrected chi connectivity index (χ4v) is 3.48. The van der Waals surface area contributed by atoms with Gasteiger partial charge in [0.2, 0.25) is 0 Å². The molecule has 0 unspecified atom stereocenters. The number of nitrogens with one attached hydrogen (secondary N) is 2. The highest BCUT2D eigenvalue weighted by Gasteiger charge is 2.16. The monoisotopic (exact) mass is 358 g/mol. The second-order valence-electron chi connectivity index (χ2n) is 6.66. The molecule has 0 aliphatic rings. The van der Waals surface area contributed by atoms with E-state index in [4.69, 9.17) is 0 Å². The normalized spacial score (nSPS) is 11.0. The van der Waals surface area contributed by atoms with Gasteiger partial charge in [-0.2, -0.15) is 0 Å². The number of amides is 1. The van der Waals surface area contributed by atoms with E-state index in [1.807, 2.05) is 74.5 Å². The quantitative estimate of drug-likeness (QED) is 0.567. The largest absolute Gasteiger partial charge is 0.352 e. The van der Waals surface area contributed by atoms with E-state index < -0.39 is 0 Å². The first-order valence-electron chi connectivity index (χ1n) is 9.09. The molecular formula is C22H22N4O. The van der Waals surface area contributed by atoms with E-state index in [0.717, 1.165) is 33.9 Å². The molecule has 136 valence electrons. The summed E-state index contributed by atoms with van der Waals surface area (Å²) in [5, 5.41) is 3.01. The molecule has 1 amide bonds. The van der Waals surface area contributed by atoms with Crippen LogP contribution >= 0.6 is 0 Å². The van der Waals surface area contributed by atoms with Crippen molar-refractivity contribution in [2.24, 2.45) is 0 Å². The van der Waals surface area contributed by atoms with Gasteiger partial charge in [0.1, 0.15) is 5.82 Å². The fourth-order valence-electron chi connectivity index (χ4n) is 3.48. The Bertz CT molecular complexity index is 1060. The summed E-state index contributed by atoms with van der Waals surface area (Å²) < 4.78 is 2.11. The van der Waals surface area contributed by atoms with Crippen LogP contribution in [0.3, 0.4) is 0 Å². The molecule has 2 N–H and O–H groups in total. The minimum Gasteiger partial charge on any atom is -0.352 e. The topological polar surface area (TPSA) is 62.7 Å². The first-order valence-corrected chi connectivity index (χ1v) is 9.09. The van der Waals surface area contributed by atoms with Gasteiger partial charge in [-0.3, -0.25) is 4.79 Å². The van der Waals surface area contributed by atoms with E-state index in [-0.39, 0.29) is 5.91 Å². The first kappa shape index (κ1) is 17.1. The van der Waals surface area contributed by atoms with E-state index in [0.29, 0.717) is 18.5 Å². The third-order valence-corrected chi connectivity index (χ3v) is 4.78. The lowest BCUT2D eigenvalue weighted by Gasteiger charge is -2.10. The van der Waals surface area contributed by atoms with Crippen molar-refractivity contribution in [1.29, 1.82) is 0 Å². The van der Waals surface area contributed by atoms with Crippen LogP contribution in [0.1, 0.15) is 27.6 Å². The van der Waals surface area contributed by atoms with Crippen LogP contribution in [0.2, 0.25) is 0 Å². The van der Waals surface area contributed by atoms with Crippen LogP contribution in [-0.4, -0.2) is 27.0 Å². The average molecular weight is 358 g/mol. The van der Waals surface area contributed by atoms with E-state index in [9.17, 15) is 4.79 Å². The molecule has 0 saturated heterocycles. The van der Waals surface area contributed by atoms with Crippen LogP contribution in [0.25, 0.3) is 16.7 Å². The predicted octanol–water partition coefficient (Wildman–Crippen LogP) is 3.94. The Morgan fingerprint density at radius 2 is 1.81 bits per heavy atom. The van der Waals surface area contributed by atoms with Gasteiger partial charge in [0.05, 0.1) is 16.6 Å². The van der Waals surface area contributed by atoms with Crippen LogP contribution in [0.4, 0.5) is 0 Å². The van der Waals surface area contributed by atoms with Crippen molar-refractivity contribution in [2.75, 3.05) is 6.54 Å². The number of fused-ring (bicyclic) bond motifs is 1. The summed E-state index contributed by atoms with van der Waals surface area (Å²) in [6.07, 6.45) is 0.665. The molecule has 27 heavy (non-hydrogen) atoms. The molecule has 4 aromatic rings. The Labute approximate surface area is 158 Å². The number of carbonyl (C=O) groups is 1. The van der Waals surface area contributed by atoms with Gasteiger partial charge < -0.3 is 14.9 Å². The third kappa shape index (κ3) is 3.36. The maximum Gasteiger partial charge on any atom is 0.253 e. The molecule has 0 fully saturated rings. The van der Waals surface area contributed by atoms with Crippen molar-refractivity contribution in [3.05, 3.63) is 83.4 Å². The lowest BCUT2D eigenvalue weighted by atomic mass is 10.2. The Balaban J connectivity index is 1.45. The number of benzene rings is 2. The molecule has 0 bridgehead atoms. The zero-order valence-electron chi connectivity index (χ0n) is 15.5. The number of aromatic amines is 1. The van der Waals surface area contributed by atoms with Gasteiger partial charge in [0.15, 0.2) is 0 Å². The zero-order valence-corrected chi connectivity index (χ0v) is 15.5. The van der Waals surface area contributed by atoms with Gasteiger partial charge in [-0.05, 0) is 44.2 Å². The summed E-state index contributed by atoms with van der Waals surface area (Å²) in [6.45, 7) is 4.53. The summed E-state index contributed by atoms with van der Waals surface area (Å²) in [4.78, 5) is 20.5. The number of rotatable bonds is 5. The van der Waals surface area contributed by atoms with Crippen LogP contribution in [0, 0.1) is 13.8 Å². The lowest BCUT2D eigenvalue weighted by Crippen LogP contribution is -2.26. The van der Waals surface area contributed by atoms with Crippen LogP contribution in [0.15, 0.2) is 60.7 Å². The van der Waals surface area contributed by atoms with Crippen LogP contribution in [-0.2, 0) is 6.42 Å². The highest BCUT2D eigenvalue weighted by molar-refractivity contribution is 5.95. The maximum absolute atomic E-state index is 12.7. The molecule has 2 aromatic heterocycles. The van der Waals surface area contributed by atoms with Crippen LogP contribution in [0.5, 0.6) is 0 Å². The minimum atomic E-state index is -0.0543. The van der Waals surface area contributed by atoms with E-state index >= 15 is 0 Å². The zero-order chi connectivity index (χ0) is 18.8. The molecule has 2 aromatic carbocycles. The summed E-state index contributed by atoms with van der Waals surface area (Å²) in [6, 6.07) is 20.0. The molecule has 0 atom stereocenters. The lowest BCUT2D eigenvalue weighted by molar-refractivity contribution is 0.0953. The van der Waals surface area contributed by atoms with Crippen LogP contribution < -0.4 is 5.32 Å². The van der Waals surface area contributed by atoms with Gasteiger partial charge >= 0.3 is 0 Å². The number of aromatic nitrogens is 3. The number of hydrogen-bond acceptors (Lipinski definition) is 2. The Hall–Kier alpha value is -3.34. The molecule has 0 aliphatic carbocycles. The number of imidazole rings is 1. The molecule has 4 rings (SSSR count). The first-order chi connectivity index (χ1) is 13.1. The van der Waals surface area contributed by atoms with E-state index in [1.54, 1.807) is 0 Å². The summed E-state index contributed by atoms with van der Waals surface area (Å²) in [7, 11) is 0. The number of nitrogens with zero attached hydrogens (tertiary/aromatic N) is 2. The van der Waals surface area contributed by atoms with Gasteiger partial charge in [0.25, 0.3) is 5.91 Å². The molecule has 0 spiro atoms. The number of H-pyrrole nitrogens is 1. The highest BCUT2D eigenvalue weighted by atomic mass is 16.1. The van der Waals surface area contributed by atoms with Crippen molar-refractivity contribution >= 4 is 16.9 Å². The van der Waals surface area contributed by atoms with Gasteiger partial charge in [-0.25, -0.2) is 4.98 Å². The molecule has 0 saturated carbocycles. The van der Waals surface area contributed by atoms with Gasteiger partial charge in [-0.15, -0.1) is 0 Å². The smallest absolute Gasteiger partial charge is 0.253 e. The Kier molecular flexibility index (Phi) is 4.50. The molecule has 0 aliphatic heterocycles. The second kappa shape index (κ2) is 7.11. The molecule has 5 heteroatoms. The minimum absolute atomic E-state index is 0.0543. The average Bonchev–Trinajstić information content (AvgIpc) is 3.22. The number of hydrogen-bond donors (Lipinski definition) is 2. The Morgan fingerprint density at radius 3 is 2.59 bits per heavy atom. The maximum atomic E-state index is 12.7. The van der Waals surface area contributed by atoms with E-state index in [1.165, 1.54) is 0 Å². The standard InChI is InChI=1S/C22H22N4O/c1-15-14-18(16(2)26(15)17-8-4-3-5-9-17)22(27)23-13-12-21-24-19-10-6-7-11-20(19)25-21/h3-11,14H,12-13H2,1-2H3,(H,23,27)(H,24,25). The number of para-hydroxylation sites is 3. The SMILES string of the molecule is Cc1cc(C(=O)NCCc2nc3ccccc3[nH]2)c(C)n1-c1ccccc1. The molecule has 5 nitrogen and oxygen atoms in total. The van der Waals surface area contributed by atoms with Crippen molar-refractivity contribution in [3.8, 4) is 5.69 Å². The molecule has 2 heterocycles. The second-order valence-corrected chi connectivity index (χ2v) is 6.66. The molecule has 0 radical (unpaired) electrons. The predicted molar refractivity (Wildman–Crippen MR) is 107 cm³/mol. The van der Waals surface area contributed by atoms with Crippen molar-refractivity contribution in [1.82, 2.24) is 19.9 Å². The third-order valence-electron chi connectivity index (χ3n) is 4.78. The highest BCUT2D eigenvalue weighted by Crippen LogP contribution is 2.20. The van der Waals surface area contributed by atoms with Crippen molar-refractivity contribution < 1.29 is 4.79 Å².